The van der Waals surface area contributed by atoms with E-state index in [1.807, 2.05) is 6.08 Å². The highest BCUT2D eigenvalue weighted by Gasteiger charge is 2.37. The van der Waals surface area contributed by atoms with Gasteiger partial charge in [0.05, 0.1) is 19.6 Å². The second-order valence-electron chi connectivity index (χ2n) is 11.5. The second kappa shape index (κ2) is 24.2. The average Bonchev–Trinajstić information content (AvgIpc) is 3.01. The molecule has 1 aromatic rings. The number of esters is 1. The van der Waals surface area contributed by atoms with Crippen molar-refractivity contribution < 1.29 is 39.2 Å². The highest BCUT2D eigenvalue weighted by molar-refractivity contribution is 5.82. The fraction of sp³-hybridized carbons (Fsp3) is 0.486. The molecule has 9 heteroatoms. The van der Waals surface area contributed by atoms with E-state index in [4.69, 9.17) is 14.6 Å². The molecule has 0 aliphatic rings. The number of aromatic hydroxyl groups is 2. The van der Waals surface area contributed by atoms with E-state index >= 15 is 0 Å². The zero-order valence-corrected chi connectivity index (χ0v) is 27.7. The van der Waals surface area contributed by atoms with Crippen LogP contribution in [0.25, 0.3) is 0 Å². The van der Waals surface area contributed by atoms with Gasteiger partial charge in [0.15, 0.2) is 11.5 Å². The fourth-order valence-corrected chi connectivity index (χ4v) is 4.21. The Hall–Kier alpha value is -4.11. The van der Waals surface area contributed by atoms with Crippen LogP contribution in [-0.2, 0) is 30.3 Å². The van der Waals surface area contributed by atoms with E-state index in [1.165, 1.54) is 12.1 Å². The monoisotopic (exact) mass is 639 g/mol. The molecule has 1 aromatic carbocycles. The third kappa shape index (κ3) is 19.3. The van der Waals surface area contributed by atoms with Crippen molar-refractivity contribution in [3.05, 3.63) is 84.5 Å². The number of rotatable bonds is 24. The Morgan fingerprint density at radius 1 is 0.848 bits per heavy atom. The minimum atomic E-state index is -1.04. The lowest BCUT2D eigenvalue weighted by atomic mass is 9.86. The van der Waals surface area contributed by atoms with Gasteiger partial charge in [-0.05, 0) is 69.1 Å². The van der Waals surface area contributed by atoms with E-state index in [0.29, 0.717) is 18.4 Å². The maximum Gasteiger partial charge on any atom is 0.305 e. The van der Waals surface area contributed by atoms with Crippen molar-refractivity contribution in [3.8, 4) is 11.5 Å². The van der Waals surface area contributed by atoms with Gasteiger partial charge in [-0.3, -0.25) is 14.4 Å². The van der Waals surface area contributed by atoms with Gasteiger partial charge in [0.25, 0.3) is 0 Å². The number of hydrogen-bond acceptors (Lipinski definition) is 7. The molecule has 254 valence electrons. The molecule has 0 aromatic heterocycles. The van der Waals surface area contributed by atoms with Crippen molar-refractivity contribution in [1.82, 2.24) is 5.32 Å². The summed E-state index contributed by atoms with van der Waals surface area (Å²) < 4.78 is 11.4. The van der Waals surface area contributed by atoms with Crippen LogP contribution in [0.3, 0.4) is 0 Å². The van der Waals surface area contributed by atoms with Gasteiger partial charge < -0.3 is 30.1 Å². The highest BCUT2D eigenvalue weighted by atomic mass is 16.5. The summed E-state index contributed by atoms with van der Waals surface area (Å²) >= 11 is 0. The standard InChI is InChI=1S/C37H53NO8/c1-4-5-6-7-8-9-10-11-12-13-14-15-16-17-18-19-20-21-34(43)46-29-37(2,3)35(36(44)38-26-24-33(41)42)45-27-25-30-22-23-31(39)32(40)28-30/h5-6,8-9,11-12,14-15,17-18,22-23,28,35,39-40H,4,7,10,13,16,19-21,24-27,29H2,1-3H3,(H,38,44)(H,41,42). The number of hydrogen-bond donors (Lipinski definition) is 4. The van der Waals surface area contributed by atoms with E-state index in [-0.39, 0.29) is 50.1 Å². The molecule has 1 unspecified atom stereocenters. The number of carbonyl (C=O) groups excluding carboxylic acids is 2. The molecule has 4 N–H and O–H groups in total. The Bertz CT molecular complexity index is 1200. The first-order valence-corrected chi connectivity index (χ1v) is 16.1. The second-order valence-corrected chi connectivity index (χ2v) is 11.5. The molecule has 0 saturated carbocycles. The summed E-state index contributed by atoms with van der Waals surface area (Å²) in [7, 11) is 0. The Labute approximate surface area is 274 Å². The normalized spacial score (nSPS) is 13.0. The van der Waals surface area contributed by atoms with E-state index in [9.17, 15) is 24.6 Å². The quantitative estimate of drug-likeness (QED) is 0.0406. The largest absolute Gasteiger partial charge is 0.504 e. The van der Waals surface area contributed by atoms with E-state index < -0.39 is 23.4 Å². The molecule has 46 heavy (non-hydrogen) atoms. The van der Waals surface area contributed by atoms with Crippen LogP contribution in [0, 0.1) is 5.41 Å². The van der Waals surface area contributed by atoms with Crippen LogP contribution in [0.15, 0.2) is 79.0 Å². The van der Waals surface area contributed by atoms with E-state index in [1.54, 1.807) is 19.9 Å². The number of unbranched alkanes of at least 4 members (excludes halogenated alkanes) is 1. The molecular formula is C37H53NO8. The van der Waals surface area contributed by atoms with Crippen LogP contribution in [-0.4, -0.2) is 59.0 Å². The molecule has 0 fully saturated rings. The number of amides is 1. The van der Waals surface area contributed by atoms with Crippen LogP contribution in [0.1, 0.15) is 84.1 Å². The third-order valence-corrected chi connectivity index (χ3v) is 6.82. The van der Waals surface area contributed by atoms with Gasteiger partial charge in [-0.1, -0.05) is 87.6 Å². The lowest BCUT2D eigenvalue weighted by Gasteiger charge is -2.32. The summed E-state index contributed by atoms with van der Waals surface area (Å²) in [4.78, 5) is 36.2. The zero-order chi connectivity index (χ0) is 34.0. The van der Waals surface area contributed by atoms with Gasteiger partial charge in [-0.25, -0.2) is 0 Å². The van der Waals surface area contributed by atoms with Gasteiger partial charge in [0.1, 0.15) is 6.10 Å². The molecule has 0 aliphatic carbocycles. The van der Waals surface area contributed by atoms with Crippen molar-refractivity contribution in [1.29, 1.82) is 0 Å². The van der Waals surface area contributed by atoms with Crippen molar-refractivity contribution >= 4 is 17.8 Å². The number of ether oxygens (including phenoxy) is 2. The lowest BCUT2D eigenvalue weighted by molar-refractivity contribution is -0.157. The Morgan fingerprint density at radius 3 is 2.00 bits per heavy atom. The SMILES string of the molecule is CCC=CCC=CCC=CCC=CCC=CCCCC(=O)OCC(C)(C)C(OCCc1ccc(O)c(O)c1)C(=O)NCCC(=O)O. The van der Waals surface area contributed by atoms with Crippen molar-refractivity contribution in [2.24, 2.45) is 5.41 Å². The summed E-state index contributed by atoms with van der Waals surface area (Å²) in [5.74, 6) is -2.41. The molecule has 1 amide bonds. The van der Waals surface area contributed by atoms with Gasteiger partial charge in [-0.2, -0.15) is 0 Å². The number of phenolic OH excluding ortho intramolecular Hbond substituents is 2. The van der Waals surface area contributed by atoms with Crippen LogP contribution in [0.4, 0.5) is 0 Å². The van der Waals surface area contributed by atoms with Crippen molar-refractivity contribution in [2.45, 2.75) is 91.1 Å². The Kier molecular flexibility index (Phi) is 21.0. The Morgan fingerprint density at radius 2 is 1.43 bits per heavy atom. The van der Waals surface area contributed by atoms with Gasteiger partial charge in [0.2, 0.25) is 5.91 Å². The summed E-state index contributed by atoms with van der Waals surface area (Å²) in [6, 6.07) is 4.41. The lowest BCUT2D eigenvalue weighted by Crippen LogP contribution is -2.48. The molecular weight excluding hydrogens is 586 g/mol. The zero-order valence-electron chi connectivity index (χ0n) is 27.7. The molecule has 9 nitrogen and oxygen atoms in total. The molecule has 0 heterocycles. The molecule has 1 rings (SSSR count). The maximum absolute atomic E-state index is 12.9. The van der Waals surface area contributed by atoms with Crippen LogP contribution in [0.5, 0.6) is 11.5 Å². The van der Waals surface area contributed by atoms with Crippen LogP contribution in [0.2, 0.25) is 0 Å². The first kappa shape index (κ1) is 39.9. The first-order chi connectivity index (χ1) is 22.1. The number of carboxylic acids is 1. The molecule has 0 bridgehead atoms. The predicted molar refractivity (Wildman–Crippen MR) is 182 cm³/mol. The van der Waals surface area contributed by atoms with Gasteiger partial charge in [-0.15, -0.1) is 0 Å². The summed E-state index contributed by atoms with van der Waals surface area (Å²) in [5.41, 5.74) is -0.221. The van der Waals surface area contributed by atoms with Crippen LogP contribution < -0.4 is 5.32 Å². The van der Waals surface area contributed by atoms with Gasteiger partial charge in [0, 0.05) is 18.4 Å². The predicted octanol–water partition coefficient (Wildman–Crippen LogP) is 7.11. The minimum absolute atomic E-state index is 0.0640. The van der Waals surface area contributed by atoms with Crippen LogP contribution >= 0.6 is 0 Å². The van der Waals surface area contributed by atoms with Crippen molar-refractivity contribution in [3.63, 3.8) is 0 Å². The Balaban J connectivity index is 2.43. The molecule has 0 spiro atoms. The number of carboxylic acid groups (broad SMARTS) is 1. The first-order valence-electron chi connectivity index (χ1n) is 16.1. The number of benzene rings is 1. The van der Waals surface area contributed by atoms with E-state index in [0.717, 1.165) is 38.5 Å². The summed E-state index contributed by atoms with van der Waals surface area (Å²) in [6.45, 7) is 5.59. The molecule has 0 radical (unpaired) electrons. The highest BCUT2D eigenvalue weighted by Crippen LogP contribution is 2.27. The fourth-order valence-electron chi connectivity index (χ4n) is 4.21. The molecule has 0 saturated heterocycles. The number of allylic oxidation sites excluding steroid dienone is 10. The molecule has 0 aliphatic heterocycles. The topological polar surface area (TPSA) is 142 Å². The van der Waals surface area contributed by atoms with E-state index in [2.05, 4.69) is 66.9 Å². The summed E-state index contributed by atoms with van der Waals surface area (Å²) in [6.07, 6.45) is 26.8. The molecule has 1 atom stereocenters. The number of aliphatic carboxylic acids is 1. The maximum atomic E-state index is 12.9. The third-order valence-electron chi connectivity index (χ3n) is 6.82. The average molecular weight is 640 g/mol. The smallest absolute Gasteiger partial charge is 0.305 e. The van der Waals surface area contributed by atoms with Gasteiger partial charge >= 0.3 is 11.9 Å². The number of nitrogens with one attached hydrogen (secondary N) is 1. The number of phenols is 2. The van der Waals surface area contributed by atoms with Crippen molar-refractivity contribution in [2.75, 3.05) is 19.8 Å². The minimum Gasteiger partial charge on any atom is -0.504 e. The number of carbonyl (C=O) groups is 3. The summed E-state index contributed by atoms with van der Waals surface area (Å²) in [5, 5.41) is 30.7.